The molecule has 2 rings (SSSR count). The van der Waals surface area contributed by atoms with Gasteiger partial charge in [0.15, 0.2) is 5.69 Å². The number of rotatable bonds is 3. The van der Waals surface area contributed by atoms with Crippen molar-refractivity contribution in [2.75, 3.05) is 0 Å². The molecule has 0 saturated heterocycles. The van der Waals surface area contributed by atoms with Crippen molar-refractivity contribution in [2.45, 2.75) is 25.9 Å². The average molecular weight is 274 g/mol. The molecule has 0 atom stereocenters. The maximum atomic E-state index is 12.5. The minimum absolute atomic E-state index is 0.365. The Hall–Kier alpha value is -2.19. The van der Waals surface area contributed by atoms with Gasteiger partial charge in [-0.15, -0.1) is 5.10 Å². The molecule has 0 aromatic carbocycles. The molecule has 0 spiro atoms. The minimum Gasteiger partial charge on any atom is -0.477 e. The highest BCUT2D eigenvalue weighted by Gasteiger charge is 2.37. The molecule has 102 valence electrons. The Morgan fingerprint density at radius 3 is 2.63 bits per heavy atom. The molecule has 2 heterocycles. The molecule has 0 fully saturated rings. The van der Waals surface area contributed by atoms with Crippen molar-refractivity contribution < 1.29 is 23.1 Å². The minimum atomic E-state index is -4.74. The lowest BCUT2D eigenvalue weighted by molar-refractivity contribution is -0.144. The largest absolute Gasteiger partial charge is 0.477 e. The number of aromatic nitrogens is 4. The summed E-state index contributed by atoms with van der Waals surface area (Å²) in [5, 5.41) is 12.1. The van der Waals surface area contributed by atoms with Crippen molar-refractivity contribution in [1.82, 2.24) is 19.6 Å². The predicted molar refractivity (Wildman–Crippen MR) is 56.7 cm³/mol. The number of hydrogen-bond acceptors (Lipinski definition) is 4. The van der Waals surface area contributed by atoms with Crippen LogP contribution in [-0.2, 0) is 12.6 Å². The van der Waals surface area contributed by atoms with E-state index >= 15 is 0 Å². The summed E-state index contributed by atoms with van der Waals surface area (Å²) < 4.78 is 38.1. The number of aromatic carboxylic acids is 1. The van der Waals surface area contributed by atoms with Crippen LogP contribution in [0.1, 0.15) is 35.4 Å². The van der Waals surface area contributed by atoms with Crippen molar-refractivity contribution in [1.29, 1.82) is 0 Å². The van der Waals surface area contributed by atoms with Crippen LogP contribution in [-0.4, -0.2) is 30.7 Å². The van der Waals surface area contributed by atoms with Gasteiger partial charge in [0.1, 0.15) is 0 Å². The Morgan fingerprint density at radius 1 is 1.42 bits per heavy atom. The van der Waals surface area contributed by atoms with Crippen LogP contribution in [0.15, 0.2) is 6.07 Å². The Bertz CT molecular complexity index is 635. The number of nitrogens with zero attached hydrogens (tertiary/aromatic N) is 4. The number of fused-ring (bicyclic) bond motifs is 1. The second-order valence-electron chi connectivity index (χ2n) is 3.83. The molecule has 2 aromatic rings. The van der Waals surface area contributed by atoms with E-state index in [-0.39, 0.29) is 5.78 Å². The van der Waals surface area contributed by atoms with Crippen molar-refractivity contribution >= 4 is 11.7 Å². The standard InChI is InChI=1S/C10H9F3N4O2/c1-2-3-5-4-6(7(18)19)17-9(14-5)15-8(16-17)10(11,12)13/h4H,2-3H2,1H3,(H,18,19). The van der Waals surface area contributed by atoms with Crippen LogP contribution in [0, 0.1) is 0 Å². The lowest BCUT2D eigenvalue weighted by Crippen LogP contribution is -2.11. The van der Waals surface area contributed by atoms with Gasteiger partial charge in [-0.1, -0.05) is 13.3 Å². The van der Waals surface area contributed by atoms with Crippen molar-refractivity contribution in [3.8, 4) is 0 Å². The first-order valence-electron chi connectivity index (χ1n) is 5.40. The van der Waals surface area contributed by atoms with E-state index in [1.165, 1.54) is 6.07 Å². The lowest BCUT2D eigenvalue weighted by atomic mass is 10.2. The summed E-state index contributed by atoms with van der Waals surface area (Å²) in [5.41, 5.74) is -0.0232. The molecule has 0 amide bonds. The molecule has 2 aromatic heterocycles. The topological polar surface area (TPSA) is 80.4 Å². The average Bonchev–Trinajstić information content (AvgIpc) is 2.71. The molecule has 1 N–H and O–H groups in total. The second kappa shape index (κ2) is 4.48. The molecule has 9 heteroatoms. The highest BCUT2D eigenvalue weighted by atomic mass is 19.4. The molecule has 19 heavy (non-hydrogen) atoms. The monoisotopic (exact) mass is 274 g/mol. The fraction of sp³-hybridized carbons (Fsp3) is 0.400. The van der Waals surface area contributed by atoms with Crippen LogP contribution in [0.5, 0.6) is 0 Å². The fourth-order valence-electron chi connectivity index (χ4n) is 1.57. The highest BCUT2D eigenvalue weighted by molar-refractivity contribution is 5.86. The van der Waals surface area contributed by atoms with Gasteiger partial charge in [-0.3, -0.25) is 0 Å². The van der Waals surface area contributed by atoms with Crippen LogP contribution in [0.3, 0.4) is 0 Å². The van der Waals surface area contributed by atoms with Crippen LogP contribution >= 0.6 is 0 Å². The molecule has 0 aliphatic rings. The molecule has 6 nitrogen and oxygen atoms in total. The van der Waals surface area contributed by atoms with Gasteiger partial charge in [-0.2, -0.15) is 22.7 Å². The molecular weight excluding hydrogens is 265 g/mol. The normalized spacial score (nSPS) is 12.0. The Kier molecular flexibility index (Phi) is 3.13. The van der Waals surface area contributed by atoms with Crippen LogP contribution in [0.2, 0.25) is 0 Å². The third kappa shape index (κ3) is 2.49. The number of carboxylic acids is 1. The third-order valence-electron chi connectivity index (χ3n) is 2.34. The zero-order chi connectivity index (χ0) is 14.2. The molecular formula is C10H9F3N4O2. The van der Waals surface area contributed by atoms with E-state index in [9.17, 15) is 18.0 Å². The summed E-state index contributed by atoms with van der Waals surface area (Å²) >= 11 is 0. The van der Waals surface area contributed by atoms with Gasteiger partial charge in [0.25, 0.3) is 11.6 Å². The van der Waals surface area contributed by atoms with Gasteiger partial charge in [0.2, 0.25) is 0 Å². The van der Waals surface area contributed by atoms with Crippen LogP contribution in [0.4, 0.5) is 13.2 Å². The summed E-state index contributed by atoms with van der Waals surface area (Å²) in [5.74, 6) is -3.16. The van der Waals surface area contributed by atoms with E-state index in [4.69, 9.17) is 5.11 Å². The van der Waals surface area contributed by atoms with E-state index in [0.29, 0.717) is 23.1 Å². The summed E-state index contributed by atoms with van der Waals surface area (Å²) in [6.07, 6.45) is -3.61. The van der Waals surface area contributed by atoms with E-state index < -0.39 is 23.7 Å². The number of hydrogen-bond donors (Lipinski definition) is 1. The second-order valence-corrected chi connectivity index (χ2v) is 3.83. The van der Waals surface area contributed by atoms with E-state index in [2.05, 4.69) is 15.1 Å². The third-order valence-corrected chi connectivity index (χ3v) is 2.34. The highest BCUT2D eigenvalue weighted by Crippen LogP contribution is 2.26. The van der Waals surface area contributed by atoms with Crippen molar-refractivity contribution in [3.05, 3.63) is 23.3 Å². The van der Waals surface area contributed by atoms with Gasteiger partial charge in [0, 0.05) is 5.69 Å². The first-order chi connectivity index (χ1) is 8.82. The number of aryl methyl sites for hydroxylation is 1. The Morgan fingerprint density at radius 2 is 2.11 bits per heavy atom. The quantitative estimate of drug-likeness (QED) is 0.922. The van der Waals surface area contributed by atoms with Gasteiger partial charge >= 0.3 is 12.1 Å². The fourth-order valence-corrected chi connectivity index (χ4v) is 1.57. The van der Waals surface area contributed by atoms with Crippen LogP contribution in [0.25, 0.3) is 5.78 Å². The molecule has 0 saturated carbocycles. The summed E-state index contributed by atoms with van der Waals surface area (Å²) in [4.78, 5) is 18.1. The first kappa shape index (κ1) is 13.2. The van der Waals surface area contributed by atoms with Crippen molar-refractivity contribution in [2.24, 2.45) is 0 Å². The van der Waals surface area contributed by atoms with Gasteiger partial charge in [0.05, 0.1) is 0 Å². The maximum absolute atomic E-state index is 12.5. The number of carbonyl (C=O) groups is 1. The summed E-state index contributed by atoms with van der Waals surface area (Å²) in [6.45, 7) is 1.84. The molecule has 0 aliphatic heterocycles. The molecule has 0 unspecified atom stereocenters. The predicted octanol–water partition coefficient (Wildman–Crippen LogP) is 1.79. The van der Waals surface area contributed by atoms with Crippen molar-refractivity contribution in [3.63, 3.8) is 0 Å². The zero-order valence-electron chi connectivity index (χ0n) is 9.77. The van der Waals surface area contributed by atoms with Crippen LogP contribution < -0.4 is 0 Å². The number of alkyl halides is 3. The lowest BCUT2D eigenvalue weighted by Gasteiger charge is -2.02. The smallest absolute Gasteiger partial charge is 0.453 e. The summed E-state index contributed by atoms with van der Waals surface area (Å²) in [6, 6.07) is 1.20. The van der Waals surface area contributed by atoms with Gasteiger partial charge in [-0.05, 0) is 12.5 Å². The number of carboxylic acid groups (broad SMARTS) is 1. The van der Waals surface area contributed by atoms with Gasteiger partial charge in [-0.25, -0.2) is 9.78 Å². The first-order valence-corrected chi connectivity index (χ1v) is 5.40. The SMILES string of the molecule is CCCc1cc(C(=O)O)n2nc(C(F)(F)F)nc2n1. The Labute approximate surface area is 104 Å². The van der Waals surface area contributed by atoms with E-state index in [1.54, 1.807) is 0 Å². The zero-order valence-corrected chi connectivity index (χ0v) is 9.77. The van der Waals surface area contributed by atoms with E-state index in [0.717, 1.165) is 0 Å². The molecule has 0 aliphatic carbocycles. The molecule has 0 radical (unpaired) electrons. The summed E-state index contributed by atoms with van der Waals surface area (Å²) in [7, 11) is 0. The Balaban J connectivity index is 2.68. The number of halogens is 3. The van der Waals surface area contributed by atoms with Gasteiger partial charge < -0.3 is 5.11 Å². The maximum Gasteiger partial charge on any atom is 0.453 e. The van der Waals surface area contributed by atoms with E-state index in [1.807, 2.05) is 6.92 Å². The molecule has 0 bridgehead atoms.